The molecule has 1 aliphatic rings. The molecule has 0 unspecified atom stereocenters. The third-order valence-corrected chi connectivity index (χ3v) is 4.75. The quantitative estimate of drug-likeness (QED) is 0.509. The van der Waals surface area contributed by atoms with E-state index in [0.717, 1.165) is 11.5 Å². The van der Waals surface area contributed by atoms with Crippen LogP contribution in [0.5, 0.6) is 0 Å². The van der Waals surface area contributed by atoms with Gasteiger partial charge in [-0.25, -0.2) is 4.57 Å². The molecular weight excluding hydrogens is 283 g/mol. The number of hydrogen-bond acceptors (Lipinski definition) is 2. The number of aryl methyl sites for hydroxylation is 2. The Morgan fingerprint density at radius 1 is 1.13 bits per heavy atom. The molecule has 4 heteroatoms. The predicted molar refractivity (Wildman–Crippen MR) is 96.0 cm³/mol. The second kappa shape index (κ2) is 5.02. The minimum absolute atomic E-state index is 0.188. The number of anilines is 1. The predicted octanol–water partition coefficient (Wildman–Crippen LogP) is 2.86. The van der Waals surface area contributed by atoms with Gasteiger partial charge in [0.05, 0.1) is 0 Å². The van der Waals surface area contributed by atoms with Crippen LogP contribution in [0.3, 0.4) is 0 Å². The molecule has 0 amide bonds. The summed E-state index contributed by atoms with van der Waals surface area (Å²) in [4.78, 5) is 2.25. The lowest BCUT2D eigenvalue weighted by atomic mass is 9.49. The van der Waals surface area contributed by atoms with Crippen LogP contribution in [0.2, 0.25) is 0 Å². The molecule has 0 N–H and O–H groups in total. The summed E-state index contributed by atoms with van der Waals surface area (Å²) in [7, 11) is 4.22. The van der Waals surface area contributed by atoms with E-state index >= 15 is 0 Å². The van der Waals surface area contributed by atoms with Gasteiger partial charge in [0.2, 0.25) is 0 Å². The Balaban J connectivity index is 1.92. The second-order valence-corrected chi connectivity index (χ2v) is 6.46. The molecule has 0 atom stereocenters. The van der Waals surface area contributed by atoms with Crippen LogP contribution in [-0.2, 0) is 7.05 Å². The molecule has 0 radical (unpaired) electrons. The van der Waals surface area contributed by atoms with Crippen LogP contribution in [-0.4, -0.2) is 13.9 Å². The average Bonchev–Trinajstić information content (AvgIpc) is 2.90. The molecule has 3 heterocycles. The SMILES string of the molecule is CC1=Cc2c(oc3ccccc23)N(C)B1c1cc(C)cc[n+]1C. The Kier molecular flexibility index (Phi) is 3.08. The third-order valence-electron chi connectivity index (χ3n) is 4.75. The number of furan rings is 1. The fourth-order valence-electron chi connectivity index (χ4n) is 3.59. The van der Waals surface area contributed by atoms with E-state index in [0.29, 0.717) is 0 Å². The van der Waals surface area contributed by atoms with Crippen LogP contribution < -0.4 is 15.0 Å². The number of pyridine rings is 1. The molecular formula is C19H20BN2O+. The van der Waals surface area contributed by atoms with Gasteiger partial charge in [-0.05, 0) is 32.5 Å². The Morgan fingerprint density at radius 3 is 2.74 bits per heavy atom. The van der Waals surface area contributed by atoms with Gasteiger partial charge in [-0.1, -0.05) is 29.7 Å². The molecule has 0 bridgehead atoms. The van der Waals surface area contributed by atoms with E-state index in [-0.39, 0.29) is 6.85 Å². The Labute approximate surface area is 136 Å². The number of nitrogens with zero attached hydrogens (tertiary/aromatic N) is 2. The maximum atomic E-state index is 6.15. The van der Waals surface area contributed by atoms with Gasteiger partial charge in [0.25, 0.3) is 0 Å². The molecule has 114 valence electrons. The van der Waals surface area contributed by atoms with E-state index in [2.05, 4.69) is 73.9 Å². The van der Waals surface area contributed by atoms with Crippen LogP contribution >= 0.6 is 0 Å². The zero-order chi connectivity index (χ0) is 16.1. The van der Waals surface area contributed by atoms with Crippen molar-refractivity contribution in [2.24, 2.45) is 7.05 Å². The zero-order valence-corrected chi connectivity index (χ0v) is 14.0. The van der Waals surface area contributed by atoms with E-state index in [9.17, 15) is 0 Å². The molecule has 1 aromatic carbocycles. The number of aromatic nitrogens is 1. The van der Waals surface area contributed by atoms with Crippen molar-refractivity contribution in [3.8, 4) is 0 Å². The number of benzene rings is 1. The summed E-state index contributed by atoms with van der Waals surface area (Å²) >= 11 is 0. The lowest BCUT2D eigenvalue weighted by molar-refractivity contribution is -0.654. The van der Waals surface area contributed by atoms with Crippen molar-refractivity contribution in [3.63, 3.8) is 0 Å². The fourth-order valence-corrected chi connectivity index (χ4v) is 3.59. The molecule has 0 saturated heterocycles. The molecule has 3 aromatic rings. The van der Waals surface area contributed by atoms with Gasteiger partial charge >= 0.3 is 6.85 Å². The first kappa shape index (κ1) is 14.1. The summed E-state index contributed by atoms with van der Waals surface area (Å²) in [5.74, 6) is 0.948. The molecule has 2 aromatic heterocycles. The van der Waals surface area contributed by atoms with E-state index in [4.69, 9.17) is 4.42 Å². The zero-order valence-electron chi connectivity index (χ0n) is 14.0. The summed E-state index contributed by atoms with van der Waals surface area (Å²) in [5.41, 5.74) is 6.00. The summed E-state index contributed by atoms with van der Waals surface area (Å²) in [6, 6.07) is 12.6. The number of fused-ring (bicyclic) bond motifs is 3. The van der Waals surface area contributed by atoms with Gasteiger partial charge in [-0.15, -0.1) is 0 Å². The minimum Gasteiger partial charge on any atom is -0.441 e. The van der Waals surface area contributed by atoms with Crippen LogP contribution in [0.4, 0.5) is 5.88 Å². The number of para-hydroxylation sites is 1. The van der Waals surface area contributed by atoms with Crippen LogP contribution in [0.1, 0.15) is 18.1 Å². The maximum Gasteiger partial charge on any atom is 0.401 e. The Bertz CT molecular complexity index is 942. The molecule has 0 spiro atoms. The van der Waals surface area contributed by atoms with Gasteiger partial charge < -0.3 is 9.23 Å². The first-order chi connectivity index (χ1) is 11.1. The Hall–Kier alpha value is -2.49. The number of rotatable bonds is 1. The summed E-state index contributed by atoms with van der Waals surface area (Å²) in [6.45, 7) is 4.53. The molecule has 0 aliphatic carbocycles. The Morgan fingerprint density at radius 2 is 1.91 bits per heavy atom. The van der Waals surface area contributed by atoms with Gasteiger partial charge in [0.15, 0.2) is 17.7 Å². The smallest absolute Gasteiger partial charge is 0.401 e. The van der Waals surface area contributed by atoms with E-state index in [1.807, 2.05) is 12.1 Å². The molecule has 23 heavy (non-hydrogen) atoms. The lowest BCUT2D eigenvalue weighted by Crippen LogP contribution is -2.62. The van der Waals surface area contributed by atoms with Gasteiger partial charge in [-0.2, -0.15) is 0 Å². The van der Waals surface area contributed by atoms with Crippen LogP contribution in [0.15, 0.2) is 52.5 Å². The number of allylic oxidation sites excluding steroid dienone is 1. The first-order valence-electron chi connectivity index (χ1n) is 7.95. The average molecular weight is 303 g/mol. The molecule has 0 saturated carbocycles. The van der Waals surface area contributed by atoms with Gasteiger partial charge in [0.1, 0.15) is 12.6 Å². The third kappa shape index (κ3) is 2.09. The first-order valence-corrected chi connectivity index (χ1v) is 7.95. The monoisotopic (exact) mass is 303 g/mol. The molecule has 1 aliphatic heterocycles. The van der Waals surface area contributed by atoms with Crippen molar-refractivity contribution in [2.75, 3.05) is 11.9 Å². The van der Waals surface area contributed by atoms with E-state index in [1.54, 1.807) is 0 Å². The second-order valence-electron chi connectivity index (χ2n) is 6.46. The normalized spacial score (nSPS) is 14.2. The van der Waals surface area contributed by atoms with Crippen molar-refractivity contribution in [2.45, 2.75) is 13.8 Å². The topological polar surface area (TPSA) is 20.3 Å². The highest BCUT2D eigenvalue weighted by Crippen LogP contribution is 2.37. The summed E-state index contributed by atoms with van der Waals surface area (Å²) in [5, 5.41) is 1.18. The highest BCUT2D eigenvalue weighted by Gasteiger charge is 2.38. The number of hydrogen-bond donors (Lipinski definition) is 0. The summed E-state index contributed by atoms with van der Waals surface area (Å²) < 4.78 is 8.34. The van der Waals surface area contributed by atoms with E-state index in [1.165, 1.54) is 27.6 Å². The van der Waals surface area contributed by atoms with Crippen molar-refractivity contribution < 1.29 is 8.98 Å². The highest BCUT2D eigenvalue weighted by molar-refractivity contribution is 6.82. The van der Waals surface area contributed by atoms with Crippen LogP contribution in [0, 0.1) is 6.92 Å². The standard InChI is InChI=1S/C19H20BN2O/c1-13-9-10-21(3)18(11-13)20-14(2)12-16-15-7-5-6-8-17(15)23-19(16)22(20)4/h5-12H,1-4H3/q+1. The van der Waals surface area contributed by atoms with Crippen LogP contribution in [0.25, 0.3) is 17.0 Å². The molecule has 4 rings (SSSR count). The lowest BCUT2D eigenvalue weighted by Gasteiger charge is -2.28. The maximum absolute atomic E-state index is 6.15. The van der Waals surface area contributed by atoms with Crippen molar-refractivity contribution in [1.29, 1.82) is 0 Å². The fraction of sp³-hybridized carbons (Fsp3) is 0.211. The van der Waals surface area contributed by atoms with Crippen molar-refractivity contribution in [3.05, 3.63) is 59.2 Å². The van der Waals surface area contributed by atoms with Gasteiger partial charge in [-0.3, -0.25) is 0 Å². The van der Waals surface area contributed by atoms with E-state index < -0.39 is 0 Å². The molecule has 3 nitrogen and oxygen atoms in total. The van der Waals surface area contributed by atoms with Gasteiger partial charge in [0, 0.05) is 23.1 Å². The largest absolute Gasteiger partial charge is 0.441 e. The minimum atomic E-state index is 0.188. The highest BCUT2D eigenvalue weighted by atomic mass is 16.4. The summed E-state index contributed by atoms with van der Waals surface area (Å²) in [6.07, 6.45) is 4.40. The van der Waals surface area contributed by atoms with Crippen molar-refractivity contribution in [1.82, 2.24) is 0 Å². The molecule has 0 fully saturated rings. The van der Waals surface area contributed by atoms with Crippen molar-refractivity contribution >= 4 is 35.4 Å².